The van der Waals surface area contributed by atoms with Gasteiger partial charge in [-0.05, 0) is 55.7 Å². The van der Waals surface area contributed by atoms with Gasteiger partial charge in [0.1, 0.15) is 5.52 Å². The van der Waals surface area contributed by atoms with Gasteiger partial charge in [0.05, 0.1) is 23.3 Å². The number of rotatable bonds is 3. The van der Waals surface area contributed by atoms with Crippen molar-refractivity contribution in [2.45, 2.75) is 27.3 Å². The minimum Gasteiger partial charge on any atom is -0.338 e. The molecule has 2 aromatic heterocycles. The number of benzene rings is 3. The Kier molecular flexibility index (Phi) is 4.63. The Morgan fingerprint density at radius 1 is 0.781 bits per heavy atom. The van der Waals surface area contributed by atoms with Gasteiger partial charge in [0.25, 0.3) is 5.56 Å². The van der Waals surface area contributed by atoms with Gasteiger partial charge in [0, 0.05) is 12.4 Å². The van der Waals surface area contributed by atoms with Crippen molar-refractivity contribution in [2.24, 2.45) is 7.05 Å². The molecule has 5 aromatic rings. The molecule has 0 spiro atoms. The van der Waals surface area contributed by atoms with E-state index in [1.807, 2.05) is 93.0 Å². The molecule has 0 saturated heterocycles. The van der Waals surface area contributed by atoms with Gasteiger partial charge in [0.2, 0.25) is 0 Å². The molecule has 0 bridgehead atoms. The van der Waals surface area contributed by atoms with E-state index in [1.165, 1.54) is 4.57 Å². The van der Waals surface area contributed by atoms with E-state index in [2.05, 4.69) is 6.07 Å². The first-order chi connectivity index (χ1) is 15.4. The van der Waals surface area contributed by atoms with Crippen LogP contribution in [0.25, 0.3) is 27.6 Å². The zero-order valence-electron chi connectivity index (χ0n) is 18.7. The molecule has 5 nitrogen and oxygen atoms in total. The molecule has 0 radical (unpaired) electrons. The molecular weight excluding hydrogens is 398 g/mol. The fourth-order valence-corrected chi connectivity index (χ4v) is 4.60. The molecule has 3 aromatic carbocycles. The average molecular weight is 424 g/mol. The van der Waals surface area contributed by atoms with Crippen molar-refractivity contribution in [2.75, 3.05) is 0 Å². The molecule has 0 saturated carbocycles. The summed E-state index contributed by atoms with van der Waals surface area (Å²) >= 11 is 0. The van der Waals surface area contributed by atoms with Crippen LogP contribution in [0, 0.1) is 20.8 Å². The predicted octanol–water partition coefficient (Wildman–Crippen LogP) is 4.62. The van der Waals surface area contributed by atoms with Crippen LogP contribution in [0.5, 0.6) is 0 Å². The highest BCUT2D eigenvalue weighted by atomic mass is 16.2. The van der Waals surface area contributed by atoms with Gasteiger partial charge >= 0.3 is 5.69 Å². The van der Waals surface area contributed by atoms with Crippen molar-refractivity contribution in [1.29, 1.82) is 0 Å². The van der Waals surface area contributed by atoms with Crippen molar-refractivity contribution in [3.63, 3.8) is 0 Å². The summed E-state index contributed by atoms with van der Waals surface area (Å²) < 4.78 is 4.99. The summed E-state index contributed by atoms with van der Waals surface area (Å²) in [5.74, 6) is 0. The summed E-state index contributed by atoms with van der Waals surface area (Å²) in [5.41, 5.74) is 6.27. The maximum Gasteiger partial charge on any atom is 0.336 e. The molecular formula is C27H25N3O2. The number of aryl methyl sites for hydroxylation is 4. The van der Waals surface area contributed by atoms with Crippen LogP contribution in [-0.2, 0) is 13.6 Å². The Morgan fingerprint density at radius 3 is 2.19 bits per heavy atom. The maximum atomic E-state index is 13.9. The van der Waals surface area contributed by atoms with E-state index in [0.29, 0.717) is 23.3 Å². The minimum atomic E-state index is -0.325. The van der Waals surface area contributed by atoms with Crippen molar-refractivity contribution < 1.29 is 0 Å². The van der Waals surface area contributed by atoms with Gasteiger partial charge in [-0.25, -0.2) is 9.36 Å². The molecule has 0 atom stereocenters. The highest BCUT2D eigenvalue weighted by Crippen LogP contribution is 2.27. The van der Waals surface area contributed by atoms with Crippen LogP contribution in [0.1, 0.15) is 22.3 Å². The van der Waals surface area contributed by atoms with Gasteiger partial charge in [-0.2, -0.15) is 0 Å². The van der Waals surface area contributed by atoms with Crippen molar-refractivity contribution in [1.82, 2.24) is 13.7 Å². The highest BCUT2D eigenvalue weighted by Gasteiger charge is 2.22. The fourth-order valence-electron chi connectivity index (χ4n) is 4.60. The Hall–Kier alpha value is -3.86. The quantitative estimate of drug-likeness (QED) is 0.425. The lowest BCUT2D eigenvalue weighted by Gasteiger charge is -2.15. The standard InChI is InChI=1S/C27H25N3O2/c1-17-13-14-23-21(15-17)24-25(28(23)4)26(31)30(22-12-8-6-10-19(22)3)27(32)29(24)16-20-11-7-5-9-18(20)2/h5-15H,16H2,1-4H3. The number of para-hydroxylation sites is 1. The molecule has 160 valence electrons. The van der Waals surface area contributed by atoms with Crippen LogP contribution in [0.2, 0.25) is 0 Å². The fraction of sp³-hybridized carbons (Fsp3) is 0.185. The van der Waals surface area contributed by atoms with E-state index in [0.717, 1.165) is 33.2 Å². The molecule has 0 N–H and O–H groups in total. The molecule has 0 fully saturated rings. The second kappa shape index (κ2) is 7.38. The minimum absolute atomic E-state index is 0.295. The lowest BCUT2D eigenvalue weighted by Crippen LogP contribution is -2.40. The van der Waals surface area contributed by atoms with Crippen molar-refractivity contribution in [3.8, 4) is 5.69 Å². The summed E-state index contributed by atoms with van der Waals surface area (Å²) in [4.78, 5) is 27.7. The SMILES string of the molecule is Cc1ccc2c(c1)c1c(c(=O)n(-c3ccccc3C)c(=O)n1Cc1ccccc1C)n2C. The molecule has 0 aliphatic rings. The molecule has 5 heteroatoms. The maximum absolute atomic E-state index is 13.9. The van der Waals surface area contributed by atoms with E-state index in [4.69, 9.17) is 0 Å². The number of hydrogen-bond acceptors (Lipinski definition) is 2. The zero-order valence-corrected chi connectivity index (χ0v) is 18.7. The molecule has 0 aliphatic heterocycles. The number of hydrogen-bond donors (Lipinski definition) is 0. The first kappa shape index (κ1) is 20.1. The summed E-state index contributed by atoms with van der Waals surface area (Å²) in [7, 11) is 1.90. The van der Waals surface area contributed by atoms with Crippen LogP contribution in [0.15, 0.2) is 76.3 Å². The van der Waals surface area contributed by atoms with Gasteiger partial charge in [0.15, 0.2) is 0 Å². The Morgan fingerprint density at radius 2 is 1.47 bits per heavy atom. The van der Waals surface area contributed by atoms with E-state index in [9.17, 15) is 9.59 Å². The second-order valence-corrected chi connectivity index (χ2v) is 8.50. The first-order valence-corrected chi connectivity index (χ1v) is 10.7. The summed E-state index contributed by atoms with van der Waals surface area (Å²) in [6, 6.07) is 21.7. The third kappa shape index (κ3) is 2.93. The van der Waals surface area contributed by atoms with Crippen LogP contribution < -0.4 is 11.2 Å². The third-order valence-electron chi connectivity index (χ3n) is 6.37. The molecule has 5 rings (SSSR count). The summed E-state index contributed by atoms with van der Waals surface area (Å²) in [5, 5.41) is 0.919. The summed E-state index contributed by atoms with van der Waals surface area (Å²) in [6.45, 7) is 6.38. The lowest BCUT2D eigenvalue weighted by molar-refractivity contribution is 0.709. The topological polar surface area (TPSA) is 48.9 Å². The van der Waals surface area contributed by atoms with E-state index in [1.54, 1.807) is 4.57 Å². The van der Waals surface area contributed by atoms with Gasteiger partial charge in [-0.3, -0.25) is 9.36 Å². The molecule has 0 unspecified atom stereocenters. The number of nitrogens with zero attached hydrogens (tertiary/aromatic N) is 3. The highest BCUT2D eigenvalue weighted by molar-refractivity contribution is 6.06. The second-order valence-electron chi connectivity index (χ2n) is 8.50. The molecule has 0 amide bonds. The number of aromatic nitrogens is 3. The average Bonchev–Trinajstić information content (AvgIpc) is 3.05. The van der Waals surface area contributed by atoms with E-state index in [-0.39, 0.29) is 11.2 Å². The Bertz CT molecular complexity index is 1630. The van der Waals surface area contributed by atoms with Crippen LogP contribution in [-0.4, -0.2) is 13.7 Å². The van der Waals surface area contributed by atoms with Gasteiger partial charge in [-0.1, -0.05) is 54.1 Å². The molecule has 0 aliphatic carbocycles. The summed E-state index contributed by atoms with van der Waals surface area (Å²) in [6.07, 6.45) is 0. The third-order valence-corrected chi connectivity index (χ3v) is 6.37. The largest absolute Gasteiger partial charge is 0.338 e. The van der Waals surface area contributed by atoms with E-state index < -0.39 is 0 Å². The van der Waals surface area contributed by atoms with Crippen molar-refractivity contribution >= 4 is 21.9 Å². The lowest BCUT2D eigenvalue weighted by atomic mass is 10.1. The number of fused-ring (bicyclic) bond motifs is 3. The normalized spacial score (nSPS) is 11.5. The predicted molar refractivity (Wildman–Crippen MR) is 130 cm³/mol. The zero-order chi connectivity index (χ0) is 22.6. The molecule has 2 heterocycles. The van der Waals surface area contributed by atoms with E-state index >= 15 is 0 Å². The van der Waals surface area contributed by atoms with Gasteiger partial charge < -0.3 is 4.57 Å². The van der Waals surface area contributed by atoms with Crippen LogP contribution in [0.4, 0.5) is 0 Å². The van der Waals surface area contributed by atoms with Crippen LogP contribution >= 0.6 is 0 Å². The first-order valence-electron chi connectivity index (χ1n) is 10.7. The van der Waals surface area contributed by atoms with Crippen LogP contribution in [0.3, 0.4) is 0 Å². The Balaban J connectivity index is 1.99. The van der Waals surface area contributed by atoms with Gasteiger partial charge in [-0.15, -0.1) is 0 Å². The molecule has 32 heavy (non-hydrogen) atoms. The smallest absolute Gasteiger partial charge is 0.336 e. The monoisotopic (exact) mass is 423 g/mol. The van der Waals surface area contributed by atoms with Crippen molar-refractivity contribution in [3.05, 3.63) is 110 Å². The Labute approximate surface area is 185 Å².